The van der Waals surface area contributed by atoms with Gasteiger partial charge in [0.25, 0.3) is 0 Å². The van der Waals surface area contributed by atoms with E-state index in [2.05, 4.69) is 0 Å². The molecule has 2 aliphatic carbocycles. The molecule has 3 aliphatic rings. The zero-order valence-corrected chi connectivity index (χ0v) is 13.3. The average molecular weight is 311 g/mol. The summed E-state index contributed by atoms with van der Waals surface area (Å²) >= 11 is 0. The first kappa shape index (κ1) is 14.6. The van der Waals surface area contributed by atoms with E-state index in [0.717, 1.165) is 12.1 Å². The molecule has 0 unspecified atom stereocenters. The van der Waals surface area contributed by atoms with Gasteiger partial charge in [-0.3, -0.25) is 9.59 Å². The summed E-state index contributed by atoms with van der Waals surface area (Å²) in [6.45, 7) is 1.27. The highest BCUT2D eigenvalue weighted by Crippen LogP contribution is 2.60. The molecule has 4 heteroatoms. The summed E-state index contributed by atoms with van der Waals surface area (Å²) in [6, 6.07) is 9.79. The van der Waals surface area contributed by atoms with Gasteiger partial charge in [0.05, 0.1) is 5.41 Å². The molecule has 0 bridgehead atoms. The molecule has 1 saturated carbocycles. The Hall–Kier alpha value is -1.94. The molecule has 0 aromatic heterocycles. The summed E-state index contributed by atoms with van der Waals surface area (Å²) in [7, 11) is 1.67. The Morgan fingerprint density at radius 3 is 2.78 bits per heavy atom. The van der Waals surface area contributed by atoms with E-state index in [-0.39, 0.29) is 29.4 Å². The predicted octanol–water partition coefficient (Wildman–Crippen LogP) is 2.45. The van der Waals surface area contributed by atoms with Crippen LogP contribution in [0.25, 0.3) is 0 Å². The van der Waals surface area contributed by atoms with E-state index in [0.29, 0.717) is 19.6 Å². The Balaban J connectivity index is 1.74. The van der Waals surface area contributed by atoms with Gasteiger partial charge in [-0.25, -0.2) is 0 Å². The molecule has 1 aromatic rings. The van der Waals surface area contributed by atoms with Gasteiger partial charge < -0.3 is 9.64 Å². The van der Waals surface area contributed by atoms with Gasteiger partial charge in [0.2, 0.25) is 5.91 Å². The van der Waals surface area contributed by atoms with Crippen molar-refractivity contribution in [3.8, 4) is 0 Å². The fraction of sp³-hybridized carbons (Fsp3) is 0.474. The molecular weight excluding hydrogens is 290 g/mol. The van der Waals surface area contributed by atoms with Crippen LogP contribution in [0.5, 0.6) is 0 Å². The normalized spacial score (nSPS) is 35.5. The second-order valence-electron chi connectivity index (χ2n) is 6.93. The minimum atomic E-state index is -0.551. The quantitative estimate of drug-likeness (QED) is 0.861. The van der Waals surface area contributed by atoms with Gasteiger partial charge in [0.15, 0.2) is 5.78 Å². The topological polar surface area (TPSA) is 46.6 Å². The van der Waals surface area contributed by atoms with E-state index in [9.17, 15) is 9.59 Å². The summed E-state index contributed by atoms with van der Waals surface area (Å²) in [5.41, 5.74) is 0.385. The molecule has 1 spiro atoms. The van der Waals surface area contributed by atoms with Crippen LogP contribution in [-0.2, 0) is 14.3 Å². The van der Waals surface area contributed by atoms with Crippen molar-refractivity contribution in [2.24, 2.45) is 23.2 Å². The van der Waals surface area contributed by atoms with E-state index in [4.69, 9.17) is 4.74 Å². The number of amides is 1. The lowest BCUT2D eigenvalue weighted by Crippen LogP contribution is -2.46. The molecule has 0 N–H and O–H groups in total. The van der Waals surface area contributed by atoms with Crippen molar-refractivity contribution >= 4 is 17.4 Å². The van der Waals surface area contributed by atoms with E-state index in [1.165, 1.54) is 0 Å². The molecule has 120 valence electrons. The number of ether oxygens (including phenoxy) is 1. The molecule has 4 rings (SSSR count). The zero-order valence-electron chi connectivity index (χ0n) is 13.3. The van der Waals surface area contributed by atoms with E-state index < -0.39 is 5.41 Å². The third-order valence-electron chi connectivity index (χ3n) is 5.88. The van der Waals surface area contributed by atoms with Gasteiger partial charge in [-0.05, 0) is 42.9 Å². The minimum Gasteiger partial charge on any atom is -0.384 e. The number of benzene rings is 1. The van der Waals surface area contributed by atoms with Crippen LogP contribution < -0.4 is 4.90 Å². The number of hydrogen-bond donors (Lipinski definition) is 0. The fourth-order valence-corrected chi connectivity index (χ4v) is 5.04. The first-order valence-electron chi connectivity index (χ1n) is 8.25. The number of allylic oxidation sites excluding steroid dienone is 2. The van der Waals surface area contributed by atoms with Crippen LogP contribution in [0.1, 0.15) is 12.8 Å². The number of nitrogens with zero attached hydrogens (tertiary/aromatic N) is 1. The summed E-state index contributed by atoms with van der Waals surface area (Å²) in [4.78, 5) is 27.8. The first-order valence-corrected chi connectivity index (χ1v) is 8.25. The van der Waals surface area contributed by atoms with Gasteiger partial charge in [-0.1, -0.05) is 24.3 Å². The van der Waals surface area contributed by atoms with E-state index >= 15 is 0 Å². The smallest absolute Gasteiger partial charge is 0.234 e. The molecular formula is C19H21NO3. The summed E-state index contributed by atoms with van der Waals surface area (Å²) < 4.78 is 5.33. The van der Waals surface area contributed by atoms with Gasteiger partial charge >= 0.3 is 0 Å². The van der Waals surface area contributed by atoms with Crippen LogP contribution in [-0.4, -0.2) is 32.0 Å². The number of anilines is 1. The van der Waals surface area contributed by atoms with Crippen molar-refractivity contribution in [2.45, 2.75) is 12.8 Å². The Morgan fingerprint density at radius 2 is 2.04 bits per heavy atom. The minimum absolute atomic E-state index is 0.101. The van der Waals surface area contributed by atoms with Gasteiger partial charge in [-0.15, -0.1) is 0 Å². The lowest BCUT2D eigenvalue weighted by molar-refractivity contribution is -0.137. The second-order valence-corrected chi connectivity index (χ2v) is 6.93. The number of ketones is 1. The Morgan fingerprint density at radius 1 is 1.26 bits per heavy atom. The lowest BCUT2D eigenvalue weighted by atomic mass is 9.65. The van der Waals surface area contributed by atoms with E-state index in [1.54, 1.807) is 13.2 Å². The number of hydrogen-bond acceptors (Lipinski definition) is 3. The van der Waals surface area contributed by atoms with Crippen LogP contribution in [0.15, 0.2) is 42.5 Å². The molecule has 1 amide bonds. The number of para-hydroxylation sites is 1. The molecule has 1 aromatic carbocycles. The molecule has 4 nitrogen and oxygen atoms in total. The third kappa shape index (κ3) is 1.94. The number of carbonyl (C=O) groups excluding carboxylic acids is 2. The van der Waals surface area contributed by atoms with Crippen LogP contribution in [0.4, 0.5) is 5.69 Å². The molecule has 1 aliphatic heterocycles. The fourth-order valence-electron chi connectivity index (χ4n) is 5.04. The van der Waals surface area contributed by atoms with Crippen LogP contribution >= 0.6 is 0 Å². The lowest BCUT2D eigenvalue weighted by Gasteiger charge is -2.35. The van der Waals surface area contributed by atoms with Crippen molar-refractivity contribution in [2.75, 3.05) is 25.2 Å². The maximum absolute atomic E-state index is 13.3. The molecule has 23 heavy (non-hydrogen) atoms. The first-order chi connectivity index (χ1) is 11.2. The Kier molecular flexibility index (Phi) is 3.38. The number of carbonyl (C=O) groups is 2. The SMILES string of the molecule is COC[C@H]1C[C@@H]2CN(c3ccccc3)C(=O)[C@@]23CC=CC(=O)[C@@H]13. The highest BCUT2D eigenvalue weighted by molar-refractivity contribution is 6.07. The summed E-state index contributed by atoms with van der Waals surface area (Å²) in [5.74, 6) is 0.385. The Labute approximate surface area is 136 Å². The average Bonchev–Trinajstić information content (AvgIpc) is 3.01. The van der Waals surface area contributed by atoms with Crippen LogP contribution in [0, 0.1) is 23.2 Å². The monoisotopic (exact) mass is 311 g/mol. The van der Waals surface area contributed by atoms with Crippen molar-refractivity contribution in [1.82, 2.24) is 0 Å². The van der Waals surface area contributed by atoms with Gasteiger partial charge in [0, 0.05) is 31.9 Å². The molecule has 1 heterocycles. The highest BCUT2D eigenvalue weighted by atomic mass is 16.5. The van der Waals surface area contributed by atoms with E-state index in [1.807, 2.05) is 41.3 Å². The summed E-state index contributed by atoms with van der Waals surface area (Å²) in [5, 5.41) is 0. The standard InChI is InChI=1S/C19H21NO3/c1-23-12-13-10-14-11-20(15-6-3-2-4-7-15)18(22)19(14)9-5-8-16(21)17(13)19/h2-8,13-14,17H,9-12H2,1H3/t13-,14-,17-,19+/m1/s1. The molecule has 1 saturated heterocycles. The van der Waals surface area contributed by atoms with Crippen molar-refractivity contribution in [3.05, 3.63) is 42.5 Å². The molecule has 2 fully saturated rings. The zero-order chi connectivity index (χ0) is 16.0. The Bertz CT molecular complexity index is 668. The largest absolute Gasteiger partial charge is 0.384 e. The summed E-state index contributed by atoms with van der Waals surface area (Å²) in [6.07, 6.45) is 5.13. The van der Waals surface area contributed by atoms with Crippen LogP contribution in [0.2, 0.25) is 0 Å². The molecule has 0 radical (unpaired) electrons. The maximum Gasteiger partial charge on any atom is 0.234 e. The van der Waals surface area contributed by atoms with Crippen LogP contribution in [0.3, 0.4) is 0 Å². The maximum atomic E-state index is 13.3. The van der Waals surface area contributed by atoms with Gasteiger partial charge in [-0.2, -0.15) is 0 Å². The van der Waals surface area contributed by atoms with Crippen molar-refractivity contribution in [3.63, 3.8) is 0 Å². The molecule has 4 atom stereocenters. The predicted molar refractivity (Wildman–Crippen MR) is 87.0 cm³/mol. The number of methoxy groups -OCH3 is 1. The van der Waals surface area contributed by atoms with Gasteiger partial charge in [0.1, 0.15) is 0 Å². The number of rotatable bonds is 3. The highest BCUT2D eigenvalue weighted by Gasteiger charge is 2.66. The second kappa shape index (κ2) is 5.31. The van der Waals surface area contributed by atoms with Crippen molar-refractivity contribution in [1.29, 1.82) is 0 Å². The van der Waals surface area contributed by atoms with Crippen molar-refractivity contribution < 1.29 is 14.3 Å². The third-order valence-corrected chi connectivity index (χ3v) is 5.88.